The van der Waals surface area contributed by atoms with Crippen molar-refractivity contribution in [3.05, 3.63) is 58.1 Å². The van der Waals surface area contributed by atoms with Gasteiger partial charge in [0.2, 0.25) is 0 Å². The van der Waals surface area contributed by atoms with E-state index < -0.39 is 11.8 Å². The van der Waals surface area contributed by atoms with Gasteiger partial charge in [0.25, 0.3) is 11.8 Å². The van der Waals surface area contributed by atoms with Gasteiger partial charge in [0, 0.05) is 4.47 Å². The number of hydrazine groups is 1. The number of nitrogens with one attached hydrogen (secondary N) is 2. The zero-order valence-corrected chi connectivity index (χ0v) is 15.6. The minimum atomic E-state index is -0.468. The molecule has 2 N–H and O–H groups in total. The molecular formula is C18H19BrN2O4. The summed E-state index contributed by atoms with van der Waals surface area (Å²) < 4.78 is 11.7. The molecule has 0 atom stereocenters. The molecule has 0 radical (unpaired) electrons. The highest BCUT2D eigenvalue weighted by Gasteiger charge is 2.08. The second kappa shape index (κ2) is 9.08. The lowest BCUT2D eigenvalue weighted by Crippen LogP contribution is -2.45. The van der Waals surface area contributed by atoms with E-state index in [9.17, 15) is 9.59 Å². The Labute approximate surface area is 154 Å². The van der Waals surface area contributed by atoms with Crippen molar-refractivity contribution in [2.24, 2.45) is 0 Å². The number of hydrogen-bond acceptors (Lipinski definition) is 4. The third-order valence-corrected chi connectivity index (χ3v) is 4.18. The van der Waals surface area contributed by atoms with Crippen molar-refractivity contribution in [3.8, 4) is 11.5 Å². The van der Waals surface area contributed by atoms with E-state index in [4.69, 9.17) is 9.47 Å². The minimum Gasteiger partial charge on any atom is -0.484 e. The predicted molar refractivity (Wildman–Crippen MR) is 97.3 cm³/mol. The molecule has 0 saturated heterocycles. The fourth-order valence-corrected chi connectivity index (χ4v) is 2.18. The molecule has 0 heterocycles. The smallest absolute Gasteiger partial charge is 0.276 e. The van der Waals surface area contributed by atoms with E-state index in [0.29, 0.717) is 11.5 Å². The number of carbonyl (C=O) groups excluding carboxylic acids is 2. The second-order valence-corrected chi connectivity index (χ2v) is 6.20. The average molecular weight is 407 g/mol. The van der Waals surface area contributed by atoms with Gasteiger partial charge in [-0.2, -0.15) is 0 Å². The zero-order chi connectivity index (χ0) is 18.2. The molecule has 6 nitrogen and oxygen atoms in total. The van der Waals surface area contributed by atoms with Crippen molar-refractivity contribution in [2.75, 3.05) is 13.2 Å². The normalized spacial score (nSPS) is 10.0. The Morgan fingerprint density at radius 2 is 1.56 bits per heavy atom. The number of carbonyl (C=O) groups is 2. The summed E-state index contributed by atoms with van der Waals surface area (Å²) in [6.45, 7) is 3.40. The van der Waals surface area contributed by atoms with E-state index in [2.05, 4.69) is 26.8 Å². The molecule has 0 spiro atoms. The maximum atomic E-state index is 11.7. The van der Waals surface area contributed by atoms with Gasteiger partial charge >= 0.3 is 0 Å². The van der Waals surface area contributed by atoms with Crippen LogP contribution in [0.15, 0.2) is 46.9 Å². The molecule has 0 aliphatic heterocycles. The highest BCUT2D eigenvalue weighted by molar-refractivity contribution is 9.10. The van der Waals surface area contributed by atoms with Crippen LogP contribution < -0.4 is 20.3 Å². The van der Waals surface area contributed by atoms with Gasteiger partial charge in [-0.05, 0) is 49.2 Å². The van der Waals surface area contributed by atoms with Crippen molar-refractivity contribution in [1.29, 1.82) is 0 Å². The molecule has 0 aliphatic rings. The van der Waals surface area contributed by atoms with Gasteiger partial charge in [0.1, 0.15) is 11.5 Å². The Balaban J connectivity index is 1.69. The molecule has 2 aromatic rings. The van der Waals surface area contributed by atoms with E-state index >= 15 is 0 Å². The molecule has 2 rings (SSSR count). The Hall–Kier alpha value is -2.54. The van der Waals surface area contributed by atoms with Crippen LogP contribution in [0.5, 0.6) is 11.5 Å². The monoisotopic (exact) mass is 406 g/mol. The molecule has 132 valence electrons. The van der Waals surface area contributed by atoms with Crippen molar-refractivity contribution in [3.63, 3.8) is 0 Å². The molecule has 25 heavy (non-hydrogen) atoms. The number of rotatable bonds is 6. The first kappa shape index (κ1) is 18.8. The fraction of sp³-hybridized carbons (Fsp3) is 0.222. The summed E-state index contributed by atoms with van der Waals surface area (Å²) in [5.41, 5.74) is 6.48. The van der Waals surface area contributed by atoms with Crippen LogP contribution in [-0.4, -0.2) is 25.0 Å². The summed E-state index contributed by atoms with van der Waals surface area (Å²) in [6, 6.07) is 12.8. The van der Waals surface area contributed by atoms with Crippen LogP contribution in [0, 0.1) is 13.8 Å². The average Bonchev–Trinajstić information content (AvgIpc) is 2.60. The van der Waals surface area contributed by atoms with Gasteiger partial charge in [0.15, 0.2) is 13.2 Å². The van der Waals surface area contributed by atoms with Crippen molar-refractivity contribution in [1.82, 2.24) is 10.9 Å². The lowest BCUT2D eigenvalue weighted by molar-refractivity contribution is -0.131. The first-order valence-corrected chi connectivity index (χ1v) is 8.40. The SMILES string of the molecule is Cc1cc(OCC(=O)NNC(=O)COc2ccccc2C)ccc1Br. The number of halogens is 1. The van der Waals surface area contributed by atoms with Crippen LogP contribution in [0.2, 0.25) is 0 Å². The molecule has 2 aromatic carbocycles. The molecule has 0 fully saturated rings. The van der Waals surface area contributed by atoms with Crippen LogP contribution in [0.1, 0.15) is 11.1 Å². The number of para-hydroxylation sites is 1. The van der Waals surface area contributed by atoms with E-state index in [0.717, 1.165) is 15.6 Å². The van der Waals surface area contributed by atoms with Crippen LogP contribution in [0.3, 0.4) is 0 Å². The number of amides is 2. The maximum absolute atomic E-state index is 11.7. The summed E-state index contributed by atoms with van der Waals surface area (Å²) in [5.74, 6) is 0.267. The summed E-state index contributed by atoms with van der Waals surface area (Å²) in [4.78, 5) is 23.4. The summed E-state index contributed by atoms with van der Waals surface area (Å²) in [7, 11) is 0. The second-order valence-electron chi connectivity index (χ2n) is 5.35. The Morgan fingerprint density at radius 3 is 2.20 bits per heavy atom. The van der Waals surface area contributed by atoms with Gasteiger partial charge in [-0.3, -0.25) is 20.4 Å². The Bertz CT molecular complexity index is 764. The summed E-state index contributed by atoms with van der Waals surface area (Å²) >= 11 is 3.39. The highest BCUT2D eigenvalue weighted by Crippen LogP contribution is 2.21. The number of hydrogen-bond donors (Lipinski definition) is 2. The lowest BCUT2D eigenvalue weighted by atomic mass is 10.2. The standard InChI is InChI=1S/C18H19BrN2O4/c1-12-5-3-4-6-16(12)25-11-18(23)21-20-17(22)10-24-14-7-8-15(19)13(2)9-14/h3-9H,10-11H2,1-2H3,(H,20,22)(H,21,23). The van der Waals surface area contributed by atoms with E-state index in [1.165, 1.54) is 0 Å². The van der Waals surface area contributed by atoms with Crippen LogP contribution >= 0.6 is 15.9 Å². The zero-order valence-electron chi connectivity index (χ0n) is 14.0. The van der Waals surface area contributed by atoms with Crippen LogP contribution in [0.4, 0.5) is 0 Å². The predicted octanol–water partition coefficient (Wildman–Crippen LogP) is 2.67. The molecule has 0 aromatic heterocycles. The summed E-state index contributed by atoms with van der Waals surface area (Å²) in [5, 5.41) is 0. The van der Waals surface area contributed by atoms with Gasteiger partial charge in [0.05, 0.1) is 0 Å². The summed E-state index contributed by atoms with van der Waals surface area (Å²) in [6.07, 6.45) is 0. The van der Waals surface area contributed by atoms with Gasteiger partial charge in [-0.15, -0.1) is 0 Å². The van der Waals surface area contributed by atoms with E-state index in [-0.39, 0.29) is 13.2 Å². The fourth-order valence-electron chi connectivity index (χ4n) is 1.93. The Morgan fingerprint density at radius 1 is 0.920 bits per heavy atom. The number of aryl methyl sites for hydroxylation is 2. The number of benzene rings is 2. The maximum Gasteiger partial charge on any atom is 0.276 e. The topological polar surface area (TPSA) is 76.7 Å². The first-order valence-electron chi connectivity index (χ1n) is 7.61. The molecule has 0 aliphatic carbocycles. The number of ether oxygens (including phenoxy) is 2. The van der Waals surface area contributed by atoms with E-state index in [1.54, 1.807) is 12.1 Å². The Kier molecular flexibility index (Phi) is 6.82. The van der Waals surface area contributed by atoms with Crippen molar-refractivity contribution >= 4 is 27.7 Å². The van der Waals surface area contributed by atoms with Crippen LogP contribution in [0.25, 0.3) is 0 Å². The van der Waals surface area contributed by atoms with Gasteiger partial charge < -0.3 is 9.47 Å². The third-order valence-electron chi connectivity index (χ3n) is 3.29. The molecule has 0 saturated carbocycles. The van der Waals surface area contributed by atoms with E-state index in [1.807, 2.05) is 44.2 Å². The van der Waals surface area contributed by atoms with Crippen LogP contribution in [-0.2, 0) is 9.59 Å². The first-order chi connectivity index (χ1) is 12.0. The van der Waals surface area contributed by atoms with Crippen molar-refractivity contribution in [2.45, 2.75) is 13.8 Å². The van der Waals surface area contributed by atoms with Crippen molar-refractivity contribution < 1.29 is 19.1 Å². The largest absolute Gasteiger partial charge is 0.484 e. The van der Waals surface area contributed by atoms with Gasteiger partial charge in [-0.25, -0.2) is 0 Å². The molecule has 0 bridgehead atoms. The molecule has 7 heteroatoms. The highest BCUT2D eigenvalue weighted by atomic mass is 79.9. The third kappa shape index (κ3) is 6.11. The minimum absolute atomic E-state index is 0.197. The van der Waals surface area contributed by atoms with Gasteiger partial charge in [-0.1, -0.05) is 34.1 Å². The quantitative estimate of drug-likeness (QED) is 0.722. The lowest BCUT2D eigenvalue weighted by Gasteiger charge is -2.11. The molecule has 0 unspecified atom stereocenters. The molecule has 2 amide bonds. The molecular weight excluding hydrogens is 388 g/mol.